The lowest BCUT2D eigenvalue weighted by molar-refractivity contribution is -0.117. The van der Waals surface area contributed by atoms with Gasteiger partial charge in [0.15, 0.2) is 0 Å². The Morgan fingerprint density at radius 3 is 2.69 bits per heavy atom. The van der Waals surface area contributed by atoms with Gasteiger partial charge in [0.05, 0.1) is 6.54 Å². The van der Waals surface area contributed by atoms with Gasteiger partial charge in [0.1, 0.15) is 12.4 Å². The Labute approximate surface area is 158 Å². The van der Waals surface area contributed by atoms with Gasteiger partial charge in [-0.15, -0.1) is 0 Å². The number of anilines is 1. The standard InChI is InChI=1S/C20H21ClN2O3/c1-22(12-13-26-18-9-7-16(21)8-10-18)20(25)15-4-2-5-17(14-15)23-11-3-6-19(23)24/h2,4-5,7-10,14H,3,6,11-13H2,1H3. The van der Waals surface area contributed by atoms with Crippen molar-refractivity contribution in [2.45, 2.75) is 12.8 Å². The lowest BCUT2D eigenvalue weighted by atomic mass is 10.1. The molecule has 5 nitrogen and oxygen atoms in total. The molecule has 2 aromatic carbocycles. The molecule has 0 radical (unpaired) electrons. The zero-order valence-electron chi connectivity index (χ0n) is 14.7. The molecule has 26 heavy (non-hydrogen) atoms. The lowest BCUT2D eigenvalue weighted by Gasteiger charge is -2.20. The Bertz CT molecular complexity index is 792. The number of carbonyl (C=O) groups excluding carboxylic acids is 2. The molecule has 3 rings (SSSR count). The van der Waals surface area contributed by atoms with E-state index < -0.39 is 0 Å². The number of hydrogen-bond donors (Lipinski definition) is 0. The highest BCUT2D eigenvalue weighted by atomic mass is 35.5. The predicted molar refractivity (Wildman–Crippen MR) is 102 cm³/mol. The topological polar surface area (TPSA) is 49.9 Å². The number of likely N-dealkylation sites (N-methyl/N-ethyl adjacent to an activating group) is 1. The summed E-state index contributed by atoms with van der Waals surface area (Å²) >= 11 is 5.84. The van der Waals surface area contributed by atoms with Crippen LogP contribution in [0.1, 0.15) is 23.2 Å². The van der Waals surface area contributed by atoms with Gasteiger partial charge in [-0.1, -0.05) is 17.7 Å². The fourth-order valence-corrected chi connectivity index (χ4v) is 3.01. The summed E-state index contributed by atoms with van der Waals surface area (Å²) in [6, 6.07) is 14.3. The Hall–Kier alpha value is -2.53. The first kappa shape index (κ1) is 18.3. The van der Waals surface area contributed by atoms with Gasteiger partial charge in [-0.25, -0.2) is 0 Å². The number of rotatable bonds is 6. The summed E-state index contributed by atoms with van der Waals surface area (Å²) in [5.41, 5.74) is 1.35. The highest BCUT2D eigenvalue weighted by Gasteiger charge is 2.22. The zero-order chi connectivity index (χ0) is 18.5. The van der Waals surface area contributed by atoms with E-state index in [1.807, 2.05) is 12.1 Å². The van der Waals surface area contributed by atoms with Crippen molar-refractivity contribution in [2.24, 2.45) is 0 Å². The van der Waals surface area contributed by atoms with Crippen LogP contribution in [-0.2, 0) is 4.79 Å². The van der Waals surface area contributed by atoms with Crippen LogP contribution in [0.4, 0.5) is 5.69 Å². The maximum atomic E-state index is 12.6. The molecule has 0 aromatic heterocycles. The zero-order valence-corrected chi connectivity index (χ0v) is 15.4. The number of ether oxygens (including phenoxy) is 1. The molecule has 0 aliphatic carbocycles. The predicted octanol–water partition coefficient (Wildman–Crippen LogP) is 3.62. The molecule has 0 spiro atoms. The van der Waals surface area contributed by atoms with E-state index >= 15 is 0 Å². The van der Waals surface area contributed by atoms with E-state index in [1.165, 1.54) is 0 Å². The fourth-order valence-electron chi connectivity index (χ4n) is 2.88. The third-order valence-electron chi connectivity index (χ3n) is 4.33. The summed E-state index contributed by atoms with van der Waals surface area (Å²) in [4.78, 5) is 27.9. The van der Waals surface area contributed by atoms with E-state index in [0.717, 1.165) is 12.1 Å². The Morgan fingerprint density at radius 2 is 2.00 bits per heavy atom. The van der Waals surface area contributed by atoms with Crippen molar-refractivity contribution in [1.29, 1.82) is 0 Å². The third kappa shape index (κ3) is 4.35. The number of nitrogens with zero attached hydrogens (tertiary/aromatic N) is 2. The summed E-state index contributed by atoms with van der Waals surface area (Å²) in [6.45, 7) is 1.55. The van der Waals surface area contributed by atoms with E-state index in [4.69, 9.17) is 16.3 Å². The molecule has 136 valence electrons. The van der Waals surface area contributed by atoms with Crippen LogP contribution in [0.3, 0.4) is 0 Å². The van der Waals surface area contributed by atoms with E-state index in [2.05, 4.69) is 0 Å². The van der Waals surface area contributed by atoms with Gasteiger partial charge in [-0.2, -0.15) is 0 Å². The molecule has 6 heteroatoms. The smallest absolute Gasteiger partial charge is 0.253 e. The molecule has 0 N–H and O–H groups in total. The van der Waals surface area contributed by atoms with E-state index in [9.17, 15) is 9.59 Å². The van der Waals surface area contributed by atoms with Crippen LogP contribution in [0.15, 0.2) is 48.5 Å². The van der Waals surface area contributed by atoms with E-state index in [-0.39, 0.29) is 11.8 Å². The van der Waals surface area contributed by atoms with Crippen molar-refractivity contribution < 1.29 is 14.3 Å². The Balaban J connectivity index is 1.57. The van der Waals surface area contributed by atoms with Crippen molar-refractivity contribution in [3.63, 3.8) is 0 Å². The number of carbonyl (C=O) groups is 2. The normalized spacial score (nSPS) is 13.8. The molecule has 0 saturated carbocycles. The molecule has 2 aromatic rings. The minimum Gasteiger partial charge on any atom is -0.492 e. The number of halogens is 1. The van der Waals surface area contributed by atoms with Gasteiger partial charge in [0.25, 0.3) is 5.91 Å². The SMILES string of the molecule is CN(CCOc1ccc(Cl)cc1)C(=O)c1cccc(N2CCCC2=O)c1. The quantitative estimate of drug-likeness (QED) is 0.778. The Morgan fingerprint density at radius 1 is 1.23 bits per heavy atom. The Kier molecular flexibility index (Phi) is 5.78. The second-order valence-electron chi connectivity index (χ2n) is 6.23. The average Bonchev–Trinajstić information content (AvgIpc) is 3.08. The molecule has 1 heterocycles. The largest absolute Gasteiger partial charge is 0.492 e. The molecule has 1 saturated heterocycles. The van der Waals surface area contributed by atoms with Crippen LogP contribution in [-0.4, -0.2) is 43.5 Å². The minimum absolute atomic E-state index is 0.0989. The van der Waals surface area contributed by atoms with Gasteiger partial charge in [-0.3, -0.25) is 9.59 Å². The van der Waals surface area contributed by atoms with Crippen molar-refractivity contribution in [1.82, 2.24) is 4.90 Å². The van der Waals surface area contributed by atoms with Crippen LogP contribution < -0.4 is 9.64 Å². The first-order valence-corrected chi connectivity index (χ1v) is 8.96. The molecule has 1 fully saturated rings. The maximum absolute atomic E-state index is 12.6. The molecule has 0 bridgehead atoms. The van der Waals surface area contributed by atoms with Crippen LogP contribution in [0, 0.1) is 0 Å². The summed E-state index contributed by atoms with van der Waals surface area (Å²) in [5.74, 6) is 0.724. The minimum atomic E-state index is -0.0989. The van der Waals surface area contributed by atoms with Crippen LogP contribution in [0.5, 0.6) is 5.75 Å². The van der Waals surface area contributed by atoms with Crippen LogP contribution >= 0.6 is 11.6 Å². The molecule has 0 atom stereocenters. The van der Waals surface area contributed by atoms with Crippen molar-refractivity contribution in [3.05, 3.63) is 59.1 Å². The van der Waals surface area contributed by atoms with Crippen LogP contribution in [0.25, 0.3) is 0 Å². The maximum Gasteiger partial charge on any atom is 0.253 e. The van der Waals surface area contributed by atoms with Gasteiger partial charge in [0, 0.05) is 36.3 Å². The molecule has 0 unspecified atom stereocenters. The van der Waals surface area contributed by atoms with Gasteiger partial charge in [-0.05, 0) is 48.9 Å². The summed E-state index contributed by atoms with van der Waals surface area (Å²) < 4.78 is 5.63. The van der Waals surface area contributed by atoms with Crippen molar-refractivity contribution in [3.8, 4) is 5.75 Å². The van der Waals surface area contributed by atoms with E-state index in [1.54, 1.807) is 53.2 Å². The number of amides is 2. The summed E-state index contributed by atoms with van der Waals surface area (Å²) in [5, 5.41) is 0.654. The molecular formula is C20H21ClN2O3. The monoisotopic (exact) mass is 372 g/mol. The number of benzene rings is 2. The average molecular weight is 373 g/mol. The lowest BCUT2D eigenvalue weighted by Crippen LogP contribution is -2.31. The van der Waals surface area contributed by atoms with Crippen molar-refractivity contribution >= 4 is 29.1 Å². The van der Waals surface area contributed by atoms with E-state index in [0.29, 0.717) is 42.5 Å². The van der Waals surface area contributed by atoms with Crippen LogP contribution in [0.2, 0.25) is 5.02 Å². The number of hydrogen-bond acceptors (Lipinski definition) is 3. The molecular weight excluding hydrogens is 352 g/mol. The molecule has 1 aliphatic rings. The molecule has 1 aliphatic heterocycles. The van der Waals surface area contributed by atoms with Gasteiger partial charge in [0.2, 0.25) is 5.91 Å². The van der Waals surface area contributed by atoms with Crippen molar-refractivity contribution in [2.75, 3.05) is 31.6 Å². The third-order valence-corrected chi connectivity index (χ3v) is 4.59. The summed E-state index contributed by atoms with van der Waals surface area (Å²) in [7, 11) is 1.74. The second-order valence-corrected chi connectivity index (χ2v) is 6.66. The summed E-state index contributed by atoms with van der Waals surface area (Å²) in [6.07, 6.45) is 1.43. The highest BCUT2D eigenvalue weighted by Crippen LogP contribution is 2.22. The van der Waals surface area contributed by atoms with Gasteiger partial charge >= 0.3 is 0 Å². The highest BCUT2D eigenvalue weighted by molar-refractivity contribution is 6.30. The second kappa shape index (κ2) is 8.23. The van der Waals surface area contributed by atoms with Gasteiger partial charge < -0.3 is 14.5 Å². The molecule has 2 amide bonds. The first-order valence-electron chi connectivity index (χ1n) is 8.59. The fraction of sp³-hybridized carbons (Fsp3) is 0.300. The first-order chi connectivity index (χ1) is 12.5.